The maximum atomic E-state index is 12.0. The largest absolute Gasteiger partial charge is 0.420 e. The van der Waals surface area contributed by atoms with Gasteiger partial charge in [0.25, 0.3) is 0 Å². The van der Waals surface area contributed by atoms with Gasteiger partial charge in [0.15, 0.2) is 5.58 Å². The van der Waals surface area contributed by atoms with Crippen LogP contribution in [0.2, 0.25) is 5.02 Å². The van der Waals surface area contributed by atoms with Gasteiger partial charge in [0.1, 0.15) is 0 Å². The second-order valence-electron chi connectivity index (χ2n) is 5.60. The molecule has 24 heavy (non-hydrogen) atoms. The van der Waals surface area contributed by atoms with Crippen molar-refractivity contribution in [1.29, 1.82) is 0 Å². The lowest BCUT2D eigenvalue weighted by atomic mass is 10.2. The topological polar surface area (TPSA) is 76.3 Å². The van der Waals surface area contributed by atoms with Crippen LogP contribution in [0.4, 0.5) is 16.2 Å². The number of halogens is 1. The molecule has 0 spiro atoms. The van der Waals surface area contributed by atoms with Crippen molar-refractivity contribution in [3.05, 3.63) is 58.0 Å². The zero-order valence-electron chi connectivity index (χ0n) is 13.2. The molecule has 0 aliphatic rings. The summed E-state index contributed by atoms with van der Waals surface area (Å²) in [6.45, 7) is 3.81. The molecule has 2 N–H and O–H groups in total. The van der Waals surface area contributed by atoms with E-state index in [0.29, 0.717) is 27.5 Å². The van der Waals surface area contributed by atoms with Gasteiger partial charge in [-0.2, -0.15) is 0 Å². The van der Waals surface area contributed by atoms with Crippen LogP contribution in [-0.4, -0.2) is 10.6 Å². The van der Waals surface area contributed by atoms with Crippen molar-refractivity contribution in [3.8, 4) is 0 Å². The first kappa shape index (κ1) is 16.1. The van der Waals surface area contributed by atoms with Crippen LogP contribution in [0, 0.1) is 0 Å². The monoisotopic (exact) mass is 345 g/mol. The molecule has 1 heterocycles. The van der Waals surface area contributed by atoms with Gasteiger partial charge in [-0.15, -0.1) is 0 Å². The Labute approximate surface area is 143 Å². The highest BCUT2D eigenvalue weighted by atomic mass is 35.5. The number of rotatable bonds is 3. The minimum atomic E-state index is -0.414. The predicted molar refractivity (Wildman–Crippen MR) is 95.0 cm³/mol. The van der Waals surface area contributed by atoms with Gasteiger partial charge in [-0.1, -0.05) is 11.6 Å². The smallest absolute Gasteiger partial charge is 0.408 e. The van der Waals surface area contributed by atoms with E-state index < -0.39 is 11.8 Å². The molecular weight excluding hydrogens is 330 g/mol. The molecule has 0 saturated carbocycles. The average Bonchev–Trinajstić information content (AvgIpc) is 2.84. The Kier molecular flexibility index (Phi) is 4.31. The molecule has 0 fully saturated rings. The first-order valence-electron chi connectivity index (χ1n) is 7.42. The fraction of sp³-hybridized carbons (Fsp3) is 0.176. The van der Waals surface area contributed by atoms with Crippen LogP contribution in [0.3, 0.4) is 0 Å². The predicted octanol–water partition coefficient (Wildman–Crippen LogP) is 4.47. The second kappa shape index (κ2) is 6.41. The number of oxazole rings is 1. The number of carbonyl (C=O) groups excluding carboxylic acids is 1. The number of anilines is 2. The summed E-state index contributed by atoms with van der Waals surface area (Å²) in [5.74, 6) is -0.414. The molecule has 0 aliphatic heterocycles. The third-order valence-electron chi connectivity index (χ3n) is 3.49. The van der Waals surface area contributed by atoms with Gasteiger partial charge in [-0.3, -0.25) is 4.57 Å². The van der Waals surface area contributed by atoms with Gasteiger partial charge in [-0.25, -0.2) is 9.59 Å². The normalized spacial score (nSPS) is 11.0. The maximum Gasteiger partial charge on any atom is 0.420 e. The molecule has 3 rings (SSSR count). The van der Waals surface area contributed by atoms with E-state index in [9.17, 15) is 9.59 Å². The molecule has 0 atom stereocenters. The van der Waals surface area contributed by atoms with Gasteiger partial charge >= 0.3 is 11.8 Å². The van der Waals surface area contributed by atoms with Gasteiger partial charge in [0, 0.05) is 28.5 Å². The molecule has 0 bridgehead atoms. The third-order valence-corrected chi connectivity index (χ3v) is 3.74. The van der Waals surface area contributed by atoms with Crippen LogP contribution in [0.25, 0.3) is 11.1 Å². The van der Waals surface area contributed by atoms with E-state index in [1.807, 2.05) is 13.8 Å². The summed E-state index contributed by atoms with van der Waals surface area (Å²) >= 11 is 5.80. The van der Waals surface area contributed by atoms with Crippen molar-refractivity contribution >= 4 is 40.1 Å². The quantitative estimate of drug-likeness (QED) is 0.735. The lowest BCUT2D eigenvalue weighted by Crippen LogP contribution is -2.19. The van der Waals surface area contributed by atoms with E-state index >= 15 is 0 Å². The van der Waals surface area contributed by atoms with Crippen molar-refractivity contribution in [2.45, 2.75) is 19.9 Å². The Hall–Kier alpha value is -2.73. The Morgan fingerprint density at radius 2 is 1.71 bits per heavy atom. The Morgan fingerprint density at radius 3 is 2.38 bits per heavy atom. The summed E-state index contributed by atoms with van der Waals surface area (Å²) in [6, 6.07) is 11.5. The number of nitrogens with one attached hydrogen (secondary N) is 2. The average molecular weight is 346 g/mol. The van der Waals surface area contributed by atoms with Crippen LogP contribution in [0.15, 0.2) is 51.7 Å². The summed E-state index contributed by atoms with van der Waals surface area (Å²) < 4.78 is 6.80. The van der Waals surface area contributed by atoms with E-state index in [-0.39, 0.29) is 6.04 Å². The zero-order chi connectivity index (χ0) is 17.3. The first-order chi connectivity index (χ1) is 11.4. The van der Waals surface area contributed by atoms with Crippen molar-refractivity contribution in [2.24, 2.45) is 0 Å². The molecule has 0 unspecified atom stereocenters. The highest BCUT2D eigenvalue weighted by Gasteiger charge is 2.13. The van der Waals surface area contributed by atoms with Crippen LogP contribution in [0.1, 0.15) is 19.9 Å². The molecule has 0 saturated heterocycles. The fourth-order valence-corrected chi connectivity index (χ4v) is 2.56. The van der Waals surface area contributed by atoms with E-state index in [1.165, 1.54) is 0 Å². The molecule has 124 valence electrons. The second-order valence-corrected chi connectivity index (χ2v) is 6.04. The van der Waals surface area contributed by atoms with Gasteiger partial charge in [0.05, 0.1) is 5.52 Å². The highest BCUT2D eigenvalue weighted by molar-refractivity contribution is 6.30. The Balaban J connectivity index is 1.79. The minimum Gasteiger partial charge on any atom is -0.408 e. The number of nitrogens with zero attached hydrogens (tertiary/aromatic N) is 1. The molecule has 1 aromatic heterocycles. The van der Waals surface area contributed by atoms with Crippen LogP contribution in [0.5, 0.6) is 0 Å². The van der Waals surface area contributed by atoms with Crippen LogP contribution < -0.4 is 16.4 Å². The highest BCUT2D eigenvalue weighted by Crippen LogP contribution is 2.21. The van der Waals surface area contributed by atoms with E-state index in [2.05, 4.69) is 10.6 Å². The Morgan fingerprint density at radius 1 is 1.08 bits per heavy atom. The van der Waals surface area contributed by atoms with Crippen molar-refractivity contribution < 1.29 is 9.21 Å². The van der Waals surface area contributed by atoms with E-state index in [1.54, 1.807) is 47.0 Å². The lowest BCUT2D eigenvalue weighted by Gasteiger charge is -2.08. The van der Waals surface area contributed by atoms with E-state index in [0.717, 1.165) is 0 Å². The van der Waals surface area contributed by atoms with Crippen LogP contribution >= 0.6 is 11.6 Å². The zero-order valence-corrected chi connectivity index (χ0v) is 13.9. The molecule has 2 amide bonds. The molecule has 0 aliphatic carbocycles. The SMILES string of the molecule is CC(C)n1c(=O)oc2cc(NC(=O)Nc3ccc(Cl)cc3)ccc21. The summed E-state index contributed by atoms with van der Waals surface area (Å²) in [4.78, 5) is 23.9. The molecule has 3 aromatic rings. The summed E-state index contributed by atoms with van der Waals surface area (Å²) in [7, 11) is 0. The maximum absolute atomic E-state index is 12.0. The number of hydrogen-bond acceptors (Lipinski definition) is 3. The van der Waals surface area contributed by atoms with Crippen molar-refractivity contribution in [1.82, 2.24) is 4.57 Å². The summed E-state index contributed by atoms with van der Waals surface area (Å²) in [5.41, 5.74) is 2.27. The summed E-state index contributed by atoms with van der Waals surface area (Å²) in [5, 5.41) is 5.99. The number of amides is 2. The number of aromatic nitrogens is 1. The Bertz CT molecular complexity index is 942. The number of urea groups is 1. The van der Waals surface area contributed by atoms with E-state index in [4.69, 9.17) is 16.0 Å². The molecule has 6 nitrogen and oxygen atoms in total. The molecule has 7 heteroatoms. The standard InChI is InChI=1S/C17H16ClN3O3/c1-10(2)21-14-8-7-13(9-15(14)24-17(21)23)20-16(22)19-12-5-3-11(18)4-6-12/h3-10H,1-2H3,(H2,19,20,22). The van der Waals surface area contributed by atoms with Gasteiger partial charge in [0.2, 0.25) is 0 Å². The number of carbonyl (C=O) groups is 1. The van der Waals surface area contributed by atoms with Crippen molar-refractivity contribution in [3.63, 3.8) is 0 Å². The van der Waals surface area contributed by atoms with Crippen molar-refractivity contribution in [2.75, 3.05) is 10.6 Å². The van der Waals surface area contributed by atoms with Crippen LogP contribution in [-0.2, 0) is 0 Å². The van der Waals surface area contributed by atoms with Gasteiger partial charge < -0.3 is 15.1 Å². The third kappa shape index (κ3) is 3.28. The molecule has 0 radical (unpaired) electrons. The van der Waals surface area contributed by atoms with Gasteiger partial charge in [-0.05, 0) is 50.2 Å². The number of fused-ring (bicyclic) bond motifs is 1. The summed E-state index contributed by atoms with van der Waals surface area (Å²) in [6.07, 6.45) is 0. The number of hydrogen-bond donors (Lipinski definition) is 2. The fourth-order valence-electron chi connectivity index (χ4n) is 2.43. The molecular formula is C17H16ClN3O3. The lowest BCUT2D eigenvalue weighted by molar-refractivity contribution is 0.262. The minimum absolute atomic E-state index is 0.00855. The number of benzene rings is 2. The first-order valence-corrected chi connectivity index (χ1v) is 7.80. The molecule has 2 aromatic carbocycles.